The number of nitrogens with zero attached hydrogens (tertiary/aromatic N) is 1. The fourth-order valence-electron chi connectivity index (χ4n) is 2.79. The molecule has 1 amide bonds. The van der Waals surface area contributed by atoms with Crippen LogP contribution in [0.4, 0.5) is 5.69 Å². The van der Waals surface area contributed by atoms with Gasteiger partial charge in [-0.2, -0.15) is 0 Å². The molecule has 1 aliphatic heterocycles. The Morgan fingerprint density at radius 2 is 2.11 bits per heavy atom. The summed E-state index contributed by atoms with van der Waals surface area (Å²) >= 11 is 0. The van der Waals surface area contributed by atoms with Crippen LogP contribution in [0, 0.1) is 12.8 Å². The maximum absolute atomic E-state index is 11.2. The Balaban J connectivity index is 2.05. The Bertz CT molecular complexity index is 451. The second kappa shape index (κ2) is 6.06. The van der Waals surface area contributed by atoms with Crippen molar-refractivity contribution < 1.29 is 4.79 Å². The van der Waals surface area contributed by atoms with Crippen molar-refractivity contribution in [2.75, 3.05) is 25.0 Å². The number of carbonyl (C=O) groups is 1. The number of hydrogen-bond donors (Lipinski definition) is 2. The van der Waals surface area contributed by atoms with Gasteiger partial charge >= 0.3 is 0 Å². The van der Waals surface area contributed by atoms with Crippen LogP contribution >= 0.6 is 0 Å². The first kappa shape index (κ1) is 13.9. The first-order valence-electron chi connectivity index (χ1n) is 6.90. The molecule has 0 aromatic heterocycles. The lowest BCUT2D eigenvalue weighted by atomic mass is 9.95. The molecule has 0 spiro atoms. The fraction of sp³-hybridized carbons (Fsp3) is 0.533. The molecule has 19 heavy (non-hydrogen) atoms. The molecule has 1 fully saturated rings. The number of primary amides is 1. The topological polar surface area (TPSA) is 58.4 Å². The minimum absolute atomic E-state index is 0.0557. The van der Waals surface area contributed by atoms with Crippen LogP contribution in [-0.4, -0.2) is 26.0 Å². The summed E-state index contributed by atoms with van der Waals surface area (Å²) in [7, 11) is 1.96. The minimum Gasteiger partial charge on any atom is -0.371 e. The van der Waals surface area contributed by atoms with Crippen LogP contribution in [0.1, 0.15) is 24.0 Å². The van der Waals surface area contributed by atoms with Crippen LogP contribution in [0.15, 0.2) is 18.2 Å². The molecule has 1 aromatic rings. The fourth-order valence-corrected chi connectivity index (χ4v) is 2.79. The van der Waals surface area contributed by atoms with Gasteiger partial charge in [0, 0.05) is 31.2 Å². The van der Waals surface area contributed by atoms with Gasteiger partial charge in [-0.3, -0.25) is 4.79 Å². The van der Waals surface area contributed by atoms with E-state index in [2.05, 4.69) is 35.3 Å². The Hall–Kier alpha value is -1.55. The molecule has 0 radical (unpaired) electrons. The van der Waals surface area contributed by atoms with Gasteiger partial charge in [0.15, 0.2) is 0 Å². The molecule has 1 saturated heterocycles. The van der Waals surface area contributed by atoms with Crippen molar-refractivity contribution in [3.63, 3.8) is 0 Å². The molecule has 0 aliphatic carbocycles. The normalized spacial score (nSPS) is 16.6. The number of piperidine rings is 1. The summed E-state index contributed by atoms with van der Waals surface area (Å²) in [6, 6.07) is 6.58. The second-order valence-electron chi connectivity index (χ2n) is 5.31. The predicted octanol–water partition coefficient (Wildman–Crippen LogP) is 1.42. The van der Waals surface area contributed by atoms with Crippen molar-refractivity contribution in [3.8, 4) is 0 Å². The zero-order valence-corrected chi connectivity index (χ0v) is 11.8. The van der Waals surface area contributed by atoms with E-state index in [4.69, 9.17) is 5.73 Å². The molecular formula is C15H23N3O. The number of hydrogen-bond acceptors (Lipinski definition) is 3. The van der Waals surface area contributed by atoms with E-state index in [9.17, 15) is 4.79 Å². The standard InChI is InChI=1S/C15H23N3O/c1-11-9-12(10-17-2)3-4-14(11)18-7-5-13(6-8-18)15(16)19/h3-4,9,13,17H,5-8,10H2,1-2H3,(H2,16,19). The summed E-state index contributed by atoms with van der Waals surface area (Å²) in [5.74, 6) is -0.0964. The van der Waals surface area contributed by atoms with E-state index in [1.807, 2.05) is 7.05 Å². The second-order valence-corrected chi connectivity index (χ2v) is 5.31. The molecule has 1 aliphatic rings. The van der Waals surface area contributed by atoms with Gasteiger partial charge in [0.1, 0.15) is 0 Å². The van der Waals surface area contributed by atoms with Crippen LogP contribution in [0.25, 0.3) is 0 Å². The number of benzene rings is 1. The number of carbonyl (C=O) groups excluding carboxylic acids is 1. The third-order valence-electron chi connectivity index (χ3n) is 3.88. The molecule has 104 valence electrons. The van der Waals surface area contributed by atoms with Crippen LogP contribution < -0.4 is 16.0 Å². The molecule has 0 unspecified atom stereocenters. The number of amides is 1. The molecule has 0 saturated carbocycles. The number of aryl methyl sites for hydroxylation is 1. The van der Waals surface area contributed by atoms with Crippen LogP contribution in [0.2, 0.25) is 0 Å². The quantitative estimate of drug-likeness (QED) is 0.861. The highest BCUT2D eigenvalue weighted by molar-refractivity contribution is 5.77. The summed E-state index contributed by atoms with van der Waals surface area (Å²) in [6.07, 6.45) is 1.74. The zero-order chi connectivity index (χ0) is 13.8. The molecule has 4 heteroatoms. The lowest BCUT2D eigenvalue weighted by molar-refractivity contribution is -0.122. The van der Waals surface area contributed by atoms with Gasteiger partial charge in [-0.25, -0.2) is 0 Å². The summed E-state index contributed by atoms with van der Waals surface area (Å²) in [4.78, 5) is 13.5. The highest BCUT2D eigenvalue weighted by atomic mass is 16.1. The molecule has 4 nitrogen and oxygen atoms in total. The van der Waals surface area contributed by atoms with Crippen molar-refractivity contribution in [2.45, 2.75) is 26.3 Å². The number of rotatable bonds is 4. The van der Waals surface area contributed by atoms with Crippen LogP contribution in [0.5, 0.6) is 0 Å². The molecule has 0 bridgehead atoms. The summed E-state index contributed by atoms with van der Waals surface area (Å²) in [5, 5.41) is 3.16. The SMILES string of the molecule is CNCc1ccc(N2CCC(C(N)=O)CC2)c(C)c1. The van der Waals surface area contributed by atoms with Crippen molar-refractivity contribution in [1.82, 2.24) is 5.32 Å². The summed E-state index contributed by atoms with van der Waals surface area (Å²) in [6.45, 7) is 4.87. The molecule has 0 atom stereocenters. The third kappa shape index (κ3) is 3.26. The Kier molecular flexibility index (Phi) is 4.43. The van der Waals surface area contributed by atoms with Gasteiger partial charge in [0.05, 0.1) is 0 Å². The highest BCUT2D eigenvalue weighted by Crippen LogP contribution is 2.26. The predicted molar refractivity (Wildman–Crippen MR) is 78.1 cm³/mol. The first-order chi connectivity index (χ1) is 9.11. The van der Waals surface area contributed by atoms with Gasteiger partial charge < -0.3 is 16.0 Å². The smallest absolute Gasteiger partial charge is 0.220 e. The number of anilines is 1. The van der Waals surface area contributed by atoms with E-state index >= 15 is 0 Å². The van der Waals surface area contributed by atoms with E-state index in [0.717, 1.165) is 32.5 Å². The lowest BCUT2D eigenvalue weighted by Crippen LogP contribution is -2.38. The average Bonchev–Trinajstić information content (AvgIpc) is 2.39. The minimum atomic E-state index is -0.152. The van der Waals surface area contributed by atoms with E-state index < -0.39 is 0 Å². The van der Waals surface area contributed by atoms with E-state index in [1.54, 1.807) is 0 Å². The van der Waals surface area contributed by atoms with Crippen LogP contribution in [0.3, 0.4) is 0 Å². The maximum atomic E-state index is 11.2. The van der Waals surface area contributed by atoms with Gasteiger partial charge in [-0.05, 0) is 44.0 Å². The average molecular weight is 261 g/mol. The largest absolute Gasteiger partial charge is 0.371 e. The van der Waals surface area contributed by atoms with Crippen molar-refractivity contribution in [3.05, 3.63) is 29.3 Å². The molecule has 3 N–H and O–H groups in total. The van der Waals surface area contributed by atoms with Crippen molar-refractivity contribution >= 4 is 11.6 Å². The van der Waals surface area contributed by atoms with Gasteiger partial charge in [-0.15, -0.1) is 0 Å². The third-order valence-corrected chi connectivity index (χ3v) is 3.88. The number of nitrogens with two attached hydrogens (primary N) is 1. The lowest BCUT2D eigenvalue weighted by Gasteiger charge is -2.33. The summed E-state index contributed by atoms with van der Waals surface area (Å²) < 4.78 is 0. The van der Waals surface area contributed by atoms with E-state index in [-0.39, 0.29) is 11.8 Å². The Morgan fingerprint density at radius 1 is 1.42 bits per heavy atom. The van der Waals surface area contributed by atoms with E-state index in [0.29, 0.717) is 0 Å². The highest BCUT2D eigenvalue weighted by Gasteiger charge is 2.23. The number of nitrogens with one attached hydrogen (secondary N) is 1. The monoisotopic (exact) mass is 261 g/mol. The Labute approximate surface area is 115 Å². The van der Waals surface area contributed by atoms with Crippen molar-refractivity contribution in [1.29, 1.82) is 0 Å². The first-order valence-corrected chi connectivity index (χ1v) is 6.90. The molecular weight excluding hydrogens is 238 g/mol. The molecule has 1 aromatic carbocycles. The van der Waals surface area contributed by atoms with Gasteiger partial charge in [0.25, 0.3) is 0 Å². The van der Waals surface area contributed by atoms with Gasteiger partial charge in [-0.1, -0.05) is 12.1 Å². The van der Waals surface area contributed by atoms with Crippen molar-refractivity contribution in [2.24, 2.45) is 11.7 Å². The molecule has 1 heterocycles. The van der Waals surface area contributed by atoms with Gasteiger partial charge in [0.2, 0.25) is 5.91 Å². The Morgan fingerprint density at radius 3 is 2.63 bits per heavy atom. The van der Waals surface area contributed by atoms with Crippen LogP contribution in [-0.2, 0) is 11.3 Å². The zero-order valence-electron chi connectivity index (χ0n) is 11.8. The van der Waals surface area contributed by atoms with E-state index in [1.165, 1.54) is 16.8 Å². The maximum Gasteiger partial charge on any atom is 0.220 e. The molecule has 2 rings (SSSR count). The summed E-state index contributed by atoms with van der Waals surface area (Å²) in [5.41, 5.74) is 9.25.